The Hall–Kier alpha value is -0.721. The van der Waals surface area contributed by atoms with Gasteiger partial charge in [0.25, 0.3) is 0 Å². The molecule has 4 unspecified atom stereocenters. The second-order valence-corrected chi connectivity index (χ2v) is 7.05. The molecule has 0 aromatic carbocycles. The van der Waals surface area contributed by atoms with Gasteiger partial charge in [-0.05, 0) is 0 Å². The standard InChI is InChI=1S/C10H12N2O2Se/c13-5-11-7-1-3-9-8(12-6-14)2-4-10(7)15-9/h7-10H,1-4H2. The Kier molecular flexibility index (Phi) is 3.50. The Bertz CT molecular complexity index is 302. The molecule has 2 rings (SSSR count). The number of aliphatic imine (C=N–C) groups is 2. The van der Waals surface area contributed by atoms with E-state index in [0.29, 0.717) is 24.6 Å². The molecular weight excluding hydrogens is 259 g/mol. The summed E-state index contributed by atoms with van der Waals surface area (Å²) in [7, 11) is 0. The first kappa shape index (κ1) is 10.8. The molecule has 0 spiro atoms. The normalized spacial score (nSPS) is 38.7. The minimum atomic E-state index is 0.194. The summed E-state index contributed by atoms with van der Waals surface area (Å²) in [4.78, 5) is 29.4. The quantitative estimate of drug-likeness (QED) is 0.431. The molecule has 2 heterocycles. The molecule has 0 N–H and O–H groups in total. The van der Waals surface area contributed by atoms with E-state index in [1.54, 1.807) is 12.2 Å². The fraction of sp³-hybridized carbons (Fsp3) is 0.800. The van der Waals surface area contributed by atoms with Crippen molar-refractivity contribution in [3.63, 3.8) is 0 Å². The molecule has 2 aliphatic heterocycles. The zero-order chi connectivity index (χ0) is 10.7. The van der Waals surface area contributed by atoms with Crippen molar-refractivity contribution in [3.05, 3.63) is 0 Å². The number of fused-ring (bicyclic) bond motifs is 2. The van der Waals surface area contributed by atoms with Crippen LogP contribution < -0.4 is 0 Å². The molecule has 0 radical (unpaired) electrons. The van der Waals surface area contributed by atoms with Gasteiger partial charge in [0.1, 0.15) is 0 Å². The summed E-state index contributed by atoms with van der Waals surface area (Å²) in [6.45, 7) is 0. The summed E-state index contributed by atoms with van der Waals surface area (Å²) in [5.41, 5.74) is 0. The van der Waals surface area contributed by atoms with Gasteiger partial charge < -0.3 is 0 Å². The zero-order valence-electron chi connectivity index (χ0n) is 8.26. The van der Waals surface area contributed by atoms with Gasteiger partial charge in [0.05, 0.1) is 0 Å². The fourth-order valence-electron chi connectivity index (χ4n) is 2.40. The van der Waals surface area contributed by atoms with Crippen LogP contribution in [-0.4, -0.2) is 39.2 Å². The second kappa shape index (κ2) is 4.87. The van der Waals surface area contributed by atoms with E-state index in [-0.39, 0.29) is 12.1 Å². The second-order valence-electron chi connectivity index (χ2n) is 3.94. The van der Waals surface area contributed by atoms with Crippen molar-refractivity contribution >= 4 is 27.1 Å². The van der Waals surface area contributed by atoms with Crippen LogP contribution in [0.25, 0.3) is 0 Å². The van der Waals surface area contributed by atoms with Gasteiger partial charge in [-0.3, -0.25) is 0 Å². The third-order valence-corrected chi connectivity index (χ3v) is 6.91. The van der Waals surface area contributed by atoms with E-state index in [9.17, 15) is 9.59 Å². The Labute approximate surface area is 94.4 Å². The van der Waals surface area contributed by atoms with Crippen molar-refractivity contribution in [2.45, 2.75) is 47.4 Å². The monoisotopic (exact) mass is 272 g/mol. The van der Waals surface area contributed by atoms with Crippen LogP contribution in [0.1, 0.15) is 25.7 Å². The van der Waals surface area contributed by atoms with Crippen molar-refractivity contribution in [2.75, 3.05) is 0 Å². The van der Waals surface area contributed by atoms with Crippen molar-refractivity contribution < 1.29 is 9.59 Å². The number of hydrogen-bond acceptors (Lipinski definition) is 4. The summed E-state index contributed by atoms with van der Waals surface area (Å²) in [6, 6.07) is 0.389. The molecule has 4 atom stereocenters. The summed E-state index contributed by atoms with van der Waals surface area (Å²) >= 11 is 0.465. The molecule has 0 saturated carbocycles. The van der Waals surface area contributed by atoms with Crippen LogP contribution in [0.5, 0.6) is 0 Å². The average molecular weight is 271 g/mol. The van der Waals surface area contributed by atoms with E-state index < -0.39 is 0 Å². The minimum absolute atomic E-state index is 0.194. The number of hydrogen-bond donors (Lipinski definition) is 0. The first-order chi connectivity index (χ1) is 7.35. The van der Waals surface area contributed by atoms with Gasteiger partial charge in [-0.2, -0.15) is 0 Å². The maximum atomic E-state index is 10.2. The Balaban J connectivity index is 2.05. The third-order valence-electron chi connectivity index (χ3n) is 3.14. The Morgan fingerprint density at radius 2 is 1.33 bits per heavy atom. The van der Waals surface area contributed by atoms with Crippen LogP contribution in [0, 0.1) is 0 Å². The van der Waals surface area contributed by atoms with Crippen LogP contribution in [0.15, 0.2) is 9.98 Å². The molecule has 4 nitrogen and oxygen atoms in total. The number of nitrogens with zero attached hydrogens (tertiary/aromatic N) is 2. The molecule has 0 aliphatic carbocycles. The van der Waals surface area contributed by atoms with E-state index in [2.05, 4.69) is 9.98 Å². The van der Waals surface area contributed by atoms with E-state index in [1.807, 2.05) is 0 Å². The predicted molar refractivity (Wildman–Crippen MR) is 55.5 cm³/mol. The molecule has 2 fully saturated rings. The zero-order valence-corrected chi connectivity index (χ0v) is 9.97. The van der Waals surface area contributed by atoms with Crippen molar-refractivity contribution in [1.82, 2.24) is 0 Å². The fourth-order valence-corrected chi connectivity index (χ4v) is 6.07. The third kappa shape index (κ3) is 2.27. The number of rotatable bonds is 2. The van der Waals surface area contributed by atoms with Gasteiger partial charge in [0, 0.05) is 0 Å². The summed E-state index contributed by atoms with van der Waals surface area (Å²) in [5, 5.41) is 0. The van der Waals surface area contributed by atoms with Gasteiger partial charge in [0.2, 0.25) is 0 Å². The van der Waals surface area contributed by atoms with Crippen molar-refractivity contribution in [3.8, 4) is 0 Å². The van der Waals surface area contributed by atoms with E-state index in [4.69, 9.17) is 0 Å². The first-order valence-electron chi connectivity index (χ1n) is 5.14. The van der Waals surface area contributed by atoms with E-state index >= 15 is 0 Å². The Morgan fingerprint density at radius 3 is 1.73 bits per heavy atom. The Morgan fingerprint density at radius 1 is 0.867 bits per heavy atom. The van der Waals surface area contributed by atoms with E-state index in [0.717, 1.165) is 25.7 Å². The molecule has 5 heteroatoms. The number of isocyanates is 2. The van der Waals surface area contributed by atoms with Gasteiger partial charge >= 0.3 is 94.1 Å². The molecule has 0 aromatic heterocycles. The summed E-state index contributed by atoms with van der Waals surface area (Å²) in [5.74, 6) is 0. The molecule has 2 aliphatic rings. The molecule has 15 heavy (non-hydrogen) atoms. The maximum absolute atomic E-state index is 10.2. The van der Waals surface area contributed by atoms with E-state index in [1.165, 1.54) is 0 Å². The van der Waals surface area contributed by atoms with Crippen molar-refractivity contribution in [2.24, 2.45) is 9.98 Å². The summed E-state index contributed by atoms with van der Waals surface area (Å²) in [6.07, 6.45) is 7.35. The first-order valence-corrected chi connectivity index (χ1v) is 7.12. The SMILES string of the molecule is O=C=NC1CCC2[Se]C1CCC2N=C=O. The topological polar surface area (TPSA) is 58.9 Å². The van der Waals surface area contributed by atoms with Gasteiger partial charge in [-0.15, -0.1) is 0 Å². The molecule has 0 amide bonds. The average Bonchev–Trinajstić information content (AvgIpc) is 2.26. The molecule has 2 saturated heterocycles. The number of carbonyl (C=O) groups excluding carboxylic acids is 2. The van der Waals surface area contributed by atoms with Crippen LogP contribution >= 0.6 is 0 Å². The van der Waals surface area contributed by atoms with Crippen LogP contribution in [0.2, 0.25) is 9.63 Å². The molecule has 80 valence electrons. The van der Waals surface area contributed by atoms with Gasteiger partial charge in [0.15, 0.2) is 0 Å². The molecule has 0 aromatic rings. The molecule has 2 bridgehead atoms. The molecular formula is C10H12N2O2Se. The van der Waals surface area contributed by atoms with Crippen molar-refractivity contribution in [1.29, 1.82) is 0 Å². The van der Waals surface area contributed by atoms with Crippen LogP contribution in [0.3, 0.4) is 0 Å². The van der Waals surface area contributed by atoms with Crippen LogP contribution in [0.4, 0.5) is 0 Å². The van der Waals surface area contributed by atoms with Gasteiger partial charge in [-0.1, -0.05) is 0 Å². The van der Waals surface area contributed by atoms with Crippen LogP contribution in [-0.2, 0) is 9.59 Å². The van der Waals surface area contributed by atoms with Gasteiger partial charge in [-0.25, -0.2) is 0 Å². The predicted octanol–water partition coefficient (Wildman–Crippen LogP) is 1.26. The summed E-state index contributed by atoms with van der Waals surface area (Å²) < 4.78 is 0.